The minimum atomic E-state index is 0.0910. The van der Waals surface area contributed by atoms with Gasteiger partial charge < -0.3 is 15.3 Å². The van der Waals surface area contributed by atoms with E-state index in [4.69, 9.17) is 0 Å². The lowest BCUT2D eigenvalue weighted by atomic mass is 9.96. The molecule has 0 spiro atoms. The molecule has 2 rings (SSSR count). The van der Waals surface area contributed by atoms with Crippen LogP contribution in [0, 0.1) is 20.8 Å². The third kappa shape index (κ3) is 2.65. The van der Waals surface area contributed by atoms with Crippen LogP contribution in [0.5, 0.6) is 17.2 Å². The number of phenols is 3. The van der Waals surface area contributed by atoms with Crippen molar-refractivity contribution >= 4 is 0 Å². The molecule has 3 heteroatoms. The average Bonchev–Trinajstić information content (AvgIpc) is 2.32. The van der Waals surface area contributed by atoms with Gasteiger partial charge in [-0.25, -0.2) is 0 Å². The molecule has 0 unspecified atom stereocenters. The van der Waals surface area contributed by atoms with E-state index in [9.17, 15) is 15.3 Å². The molecule has 0 amide bonds. The molecule has 0 fully saturated rings. The van der Waals surface area contributed by atoms with Crippen LogP contribution in [0.2, 0.25) is 0 Å². The fourth-order valence-electron chi connectivity index (χ4n) is 2.14. The summed E-state index contributed by atoms with van der Waals surface area (Å²) >= 11 is 0. The SMILES string of the molecule is Cc1cc(Cc2cc(C)c(O)cc2O)c(C)cc1O. The average molecular weight is 258 g/mol. The normalized spacial score (nSPS) is 10.7. The Morgan fingerprint density at radius 1 is 0.632 bits per heavy atom. The van der Waals surface area contributed by atoms with Gasteiger partial charge in [0.15, 0.2) is 0 Å². The zero-order chi connectivity index (χ0) is 14.2. The van der Waals surface area contributed by atoms with E-state index in [1.165, 1.54) is 6.07 Å². The van der Waals surface area contributed by atoms with E-state index in [0.29, 0.717) is 6.42 Å². The van der Waals surface area contributed by atoms with Crippen LogP contribution in [0.25, 0.3) is 0 Å². The number of benzene rings is 2. The first kappa shape index (κ1) is 13.3. The summed E-state index contributed by atoms with van der Waals surface area (Å²) in [6.45, 7) is 5.58. The van der Waals surface area contributed by atoms with Crippen molar-refractivity contribution in [1.29, 1.82) is 0 Å². The summed E-state index contributed by atoms with van der Waals surface area (Å²) in [6, 6.07) is 6.81. The van der Waals surface area contributed by atoms with Crippen LogP contribution in [0.1, 0.15) is 27.8 Å². The van der Waals surface area contributed by atoms with Gasteiger partial charge in [-0.15, -0.1) is 0 Å². The summed E-state index contributed by atoms with van der Waals surface area (Å²) in [7, 11) is 0. The molecule has 0 saturated carbocycles. The van der Waals surface area contributed by atoms with Crippen molar-refractivity contribution < 1.29 is 15.3 Å². The highest BCUT2D eigenvalue weighted by Gasteiger charge is 2.10. The zero-order valence-corrected chi connectivity index (χ0v) is 11.4. The molecule has 0 bridgehead atoms. The first-order valence-corrected chi connectivity index (χ1v) is 6.19. The molecule has 2 aromatic carbocycles. The van der Waals surface area contributed by atoms with E-state index >= 15 is 0 Å². The fraction of sp³-hybridized carbons (Fsp3) is 0.250. The molecule has 0 heterocycles. The van der Waals surface area contributed by atoms with Crippen molar-refractivity contribution in [3.63, 3.8) is 0 Å². The number of hydrogen-bond donors (Lipinski definition) is 3. The third-order valence-corrected chi connectivity index (χ3v) is 3.43. The van der Waals surface area contributed by atoms with Crippen LogP contribution in [-0.4, -0.2) is 15.3 Å². The van der Waals surface area contributed by atoms with Gasteiger partial charge in [-0.2, -0.15) is 0 Å². The standard InChI is InChI=1S/C16H18O3/c1-9-6-14(17)10(2)4-12(9)7-13-5-11(3)15(18)8-16(13)19/h4-6,8,17-19H,7H2,1-3H3. The molecule has 3 N–H and O–H groups in total. The number of phenolic OH excluding ortho intramolecular Hbond substituents is 3. The van der Waals surface area contributed by atoms with Crippen LogP contribution in [0.3, 0.4) is 0 Å². The molecular weight excluding hydrogens is 240 g/mol. The molecule has 0 radical (unpaired) electrons. The van der Waals surface area contributed by atoms with Gasteiger partial charge in [0.05, 0.1) is 0 Å². The Morgan fingerprint density at radius 3 is 1.79 bits per heavy atom. The van der Waals surface area contributed by atoms with Crippen molar-refractivity contribution in [2.24, 2.45) is 0 Å². The second kappa shape index (κ2) is 4.84. The molecule has 0 atom stereocenters. The van der Waals surface area contributed by atoms with Gasteiger partial charge in [-0.3, -0.25) is 0 Å². The maximum atomic E-state index is 9.88. The van der Waals surface area contributed by atoms with Crippen LogP contribution in [0.4, 0.5) is 0 Å². The lowest BCUT2D eigenvalue weighted by molar-refractivity contribution is 0.444. The Morgan fingerprint density at radius 2 is 1.16 bits per heavy atom. The Hall–Kier alpha value is -2.16. The highest BCUT2D eigenvalue weighted by atomic mass is 16.3. The predicted molar refractivity (Wildman–Crippen MR) is 74.9 cm³/mol. The Bertz CT molecular complexity index is 575. The second-order valence-corrected chi connectivity index (χ2v) is 5.01. The molecule has 100 valence electrons. The van der Waals surface area contributed by atoms with Crippen LogP contribution < -0.4 is 0 Å². The van der Waals surface area contributed by atoms with Crippen molar-refractivity contribution in [1.82, 2.24) is 0 Å². The van der Waals surface area contributed by atoms with Gasteiger partial charge in [0.2, 0.25) is 0 Å². The Balaban J connectivity index is 2.42. The maximum absolute atomic E-state index is 9.88. The van der Waals surface area contributed by atoms with E-state index in [0.717, 1.165) is 27.8 Å². The first-order valence-electron chi connectivity index (χ1n) is 6.19. The predicted octanol–water partition coefficient (Wildman–Crippen LogP) is 3.32. The number of aromatic hydroxyl groups is 3. The topological polar surface area (TPSA) is 60.7 Å². The van der Waals surface area contributed by atoms with Crippen LogP contribution >= 0.6 is 0 Å². The second-order valence-electron chi connectivity index (χ2n) is 5.01. The van der Waals surface area contributed by atoms with E-state index in [-0.39, 0.29) is 17.2 Å². The van der Waals surface area contributed by atoms with Crippen molar-refractivity contribution in [2.45, 2.75) is 27.2 Å². The summed E-state index contributed by atoms with van der Waals surface area (Å²) in [5, 5.41) is 29.1. The Kier molecular flexibility index (Phi) is 3.38. The van der Waals surface area contributed by atoms with Crippen LogP contribution in [0.15, 0.2) is 24.3 Å². The maximum Gasteiger partial charge on any atom is 0.122 e. The molecule has 0 aliphatic carbocycles. The van der Waals surface area contributed by atoms with E-state index in [1.807, 2.05) is 19.9 Å². The fourth-order valence-corrected chi connectivity index (χ4v) is 2.14. The number of aryl methyl sites for hydroxylation is 3. The molecule has 3 nitrogen and oxygen atoms in total. The summed E-state index contributed by atoms with van der Waals surface area (Å²) < 4.78 is 0. The Labute approximate surface area is 112 Å². The first-order chi connectivity index (χ1) is 8.88. The molecule has 0 aliphatic heterocycles. The summed E-state index contributed by atoms with van der Waals surface area (Å²) in [5.74, 6) is 0.473. The lowest BCUT2D eigenvalue weighted by Gasteiger charge is -2.11. The molecule has 0 aromatic heterocycles. The number of rotatable bonds is 2. The van der Waals surface area contributed by atoms with Gasteiger partial charge in [-0.05, 0) is 60.7 Å². The van der Waals surface area contributed by atoms with Crippen molar-refractivity contribution in [2.75, 3.05) is 0 Å². The number of hydrogen-bond acceptors (Lipinski definition) is 3. The van der Waals surface area contributed by atoms with Gasteiger partial charge in [-0.1, -0.05) is 6.07 Å². The van der Waals surface area contributed by atoms with E-state index in [1.54, 1.807) is 19.1 Å². The molecule has 19 heavy (non-hydrogen) atoms. The van der Waals surface area contributed by atoms with Gasteiger partial charge in [0, 0.05) is 12.5 Å². The minimum absolute atomic E-state index is 0.0910. The van der Waals surface area contributed by atoms with Gasteiger partial charge in [0.25, 0.3) is 0 Å². The summed E-state index contributed by atoms with van der Waals surface area (Å²) in [4.78, 5) is 0. The third-order valence-electron chi connectivity index (χ3n) is 3.43. The monoisotopic (exact) mass is 258 g/mol. The minimum Gasteiger partial charge on any atom is -0.508 e. The quantitative estimate of drug-likeness (QED) is 0.774. The molecule has 2 aromatic rings. The zero-order valence-electron chi connectivity index (χ0n) is 11.4. The lowest BCUT2D eigenvalue weighted by Crippen LogP contribution is -1.95. The molecule has 0 saturated heterocycles. The van der Waals surface area contributed by atoms with Crippen molar-refractivity contribution in [3.05, 3.63) is 52.1 Å². The van der Waals surface area contributed by atoms with E-state index in [2.05, 4.69) is 0 Å². The van der Waals surface area contributed by atoms with Crippen LogP contribution in [-0.2, 0) is 6.42 Å². The summed E-state index contributed by atoms with van der Waals surface area (Å²) in [6.07, 6.45) is 0.569. The van der Waals surface area contributed by atoms with E-state index < -0.39 is 0 Å². The smallest absolute Gasteiger partial charge is 0.122 e. The highest BCUT2D eigenvalue weighted by molar-refractivity contribution is 5.48. The summed E-state index contributed by atoms with van der Waals surface area (Å²) in [5.41, 5.74) is 4.35. The van der Waals surface area contributed by atoms with Gasteiger partial charge >= 0.3 is 0 Å². The van der Waals surface area contributed by atoms with Crippen molar-refractivity contribution in [3.8, 4) is 17.2 Å². The largest absolute Gasteiger partial charge is 0.508 e. The highest BCUT2D eigenvalue weighted by Crippen LogP contribution is 2.30. The molecule has 0 aliphatic rings. The molecular formula is C16H18O3. The van der Waals surface area contributed by atoms with Gasteiger partial charge in [0.1, 0.15) is 17.2 Å².